The zero-order valence-electron chi connectivity index (χ0n) is 72.5. The van der Waals surface area contributed by atoms with Gasteiger partial charge in [-0.15, -0.1) is 105 Å². The number of halogens is 10. The average Bonchev–Trinajstić information content (AvgIpc) is 1.08. The Labute approximate surface area is 927 Å². The Morgan fingerprint density at radius 3 is 0.536 bits per heavy atom. The summed E-state index contributed by atoms with van der Waals surface area (Å²) in [6.45, 7) is 0. The molecule has 0 saturated heterocycles. The molecular formula is C101H79Cl10Cu6N19O2P2. The third kappa shape index (κ3) is 42.3. The molecule has 9 aromatic heterocycles. The minimum absolute atomic E-state index is 0. The van der Waals surface area contributed by atoms with Crippen LogP contribution in [0.15, 0.2) is 461 Å². The van der Waals surface area contributed by atoms with Crippen molar-refractivity contribution < 1.29 is 113 Å². The summed E-state index contributed by atoms with van der Waals surface area (Å²) in [5.41, 5.74) is 12.1. The summed E-state index contributed by atoms with van der Waals surface area (Å²) >= 11 is 51.0. The number of aromatic nitrogens is 18. The Kier molecular flexibility index (Phi) is 66.0. The van der Waals surface area contributed by atoms with E-state index in [2.05, 4.69) is 274 Å². The summed E-state index contributed by atoms with van der Waals surface area (Å²) in [5.74, 6) is 0. The van der Waals surface area contributed by atoms with Crippen molar-refractivity contribution in [2.45, 2.75) is 0 Å². The van der Waals surface area contributed by atoms with Crippen LogP contribution >= 0.6 is 130 Å². The van der Waals surface area contributed by atoms with Crippen LogP contribution in [0.4, 0.5) is 0 Å². The Morgan fingerprint density at radius 2 is 0.386 bits per heavy atom. The quantitative estimate of drug-likeness (QED) is 0.0588. The zero-order valence-corrected chi connectivity index (χ0v) is 87.5. The molecule has 6 radical (unpaired) electrons. The second-order valence-corrected chi connectivity index (χ2v) is 37.0. The fourth-order valence-electron chi connectivity index (χ4n) is 11.9. The Bertz CT molecular complexity index is 5660. The Hall–Kier alpha value is -9.87. The van der Waals surface area contributed by atoms with Crippen molar-refractivity contribution in [3.63, 3.8) is 0 Å². The maximum atomic E-state index is 6.38. The molecule has 0 spiro atoms. The van der Waals surface area contributed by atoms with Gasteiger partial charge in [0.15, 0.2) is 0 Å². The van der Waals surface area contributed by atoms with Crippen molar-refractivity contribution in [2.75, 3.05) is 10.7 Å². The van der Waals surface area contributed by atoms with Gasteiger partial charge >= 0.3 is 102 Å². The van der Waals surface area contributed by atoms with Crippen molar-refractivity contribution in [3.05, 3.63) is 487 Å². The number of alkyl halides is 4. The van der Waals surface area contributed by atoms with Crippen LogP contribution in [0.1, 0.15) is 0 Å². The van der Waals surface area contributed by atoms with Gasteiger partial charge in [-0.2, -0.15) is 0 Å². The summed E-state index contributed by atoms with van der Waals surface area (Å²) in [6, 6.07) is 132. The smallest absolute Gasteiger partial charge is 2.00 e. The molecule has 21 nitrogen and oxygen atoms in total. The van der Waals surface area contributed by atoms with Crippen molar-refractivity contribution in [1.29, 1.82) is 0 Å². The topological polar surface area (TPSA) is 312 Å². The molecule has 21 aromatic rings. The number of hydrogen-bond acceptors (Lipinski definition) is 10. The van der Waals surface area contributed by atoms with E-state index in [4.69, 9.17) is 121 Å². The minimum atomic E-state index is -2.50. The van der Waals surface area contributed by atoms with Gasteiger partial charge in [0.05, 0.1) is 10.7 Å². The van der Waals surface area contributed by atoms with Crippen LogP contribution in [-0.4, -0.2) is 56.6 Å². The monoisotopic (exact) mass is 2380 g/mol. The second-order valence-electron chi connectivity index (χ2n) is 26.4. The van der Waals surface area contributed by atoms with Crippen molar-refractivity contribution >= 4 is 162 Å². The first-order valence-corrected chi connectivity index (χ1v) is 47.7. The molecule has 0 atom stereocenters. The summed E-state index contributed by atoms with van der Waals surface area (Å²) in [6.07, 6.45) is 17.9. The molecule has 736 valence electrons. The van der Waals surface area contributed by atoms with Gasteiger partial charge < -0.3 is 103 Å². The third-order valence-corrected chi connectivity index (χ3v) is 27.2. The minimum Gasteiger partial charge on any atom is -2.00 e. The molecule has 0 aliphatic heterocycles. The summed E-state index contributed by atoms with van der Waals surface area (Å²) in [5, 5.41) is 78.1. The van der Waals surface area contributed by atoms with Crippen LogP contribution < -0.4 is 77.7 Å². The molecule has 0 fully saturated rings. The first kappa shape index (κ1) is 126. The van der Waals surface area contributed by atoms with Gasteiger partial charge in [0, 0.05) is 100 Å². The summed E-state index contributed by atoms with van der Waals surface area (Å²) in [4.78, 5) is 0. The fourth-order valence-corrected chi connectivity index (χ4v) is 21.9. The number of benzene rings is 12. The Balaban J connectivity index is 0.000000563. The molecule has 140 heavy (non-hydrogen) atoms. The SMILES string of the molecule is ClCCl.ClCCl.Clc1cn[n-]c1.Clc1cn[n-]c1.Clc1cn[n-]c1.Clc1cn[n-]c1.Clc1cn[n-]c1.Clc1cn[n-]c1.[Cu+2].[Cu+2].[Cu+2].[Cu+2].[Cu+2].[Cu+2].[O-2].[O-2].c1ccc(-c2cc(-c3ccccc3)[n-]n2)cc1.c1ccc(-c2cc(-c3ccccc3)[n-]n2)cc1.c1ccc(-c2cc(-c3ccccc3)[n-]n2)cc1.c1ccc(P(=N[P+](c2ccccc2)(c2ccccc2)c2ccccc2)(c2ccccc2)c2ccccc2)cc1. The fraction of sp³-hybridized carbons (Fsp3) is 0.0198. The molecule has 0 aliphatic carbocycles. The maximum Gasteiger partial charge on any atom is 2.00 e. The van der Waals surface area contributed by atoms with Crippen molar-refractivity contribution in [2.24, 2.45) is 4.52 Å². The van der Waals surface area contributed by atoms with E-state index in [9.17, 15) is 0 Å². The van der Waals surface area contributed by atoms with Crippen LogP contribution in [0, 0.1) is 0 Å². The van der Waals surface area contributed by atoms with E-state index in [1.54, 1.807) is 0 Å². The molecular weight excluding hydrogens is 2310 g/mol. The van der Waals surface area contributed by atoms with E-state index in [-0.39, 0.29) is 124 Å². The molecule has 0 bridgehead atoms. The zero-order chi connectivity index (χ0) is 92.7. The van der Waals surface area contributed by atoms with Gasteiger partial charge in [0.25, 0.3) is 0 Å². The van der Waals surface area contributed by atoms with Crippen molar-refractivity contribution in [1.82, 2.24) is 91.8 Å². The van der Waals surface area contributed by atoms with Crippen LogP contribution in [0.2, 0.25) is 30.1 Å². The number of hydrogen-bond donors (Lipinski definition) is 0. The standard InChI is InChI=1S/C36H30NP2.3C15H11N2.6C3H2ClN2.2CH2Cl2.6Cu.2O/c1-7-19-31(20-8-1)38(32-21-9-2-10-22-32,33-23-11-3-12-24-33)37-39(34-25-13-4-14-26-34,35-27-15-5-16-28-35)36-29-17-6-18-30-36;3*1-3-7-12(8-4-1)14-11-15(17-16-14)13-9-5-2-6-10-13;6*4-3-1-5-6-2-3;2*2-1-3;;;;;;;;/h1-30H;3*1-11H;6*1-2H;2*1H2;;;;;;;;/q+1;9*-1;;;6*+2;2*-2. The van der Waals surface area contributed by atoms with E-state index >= 15 is 0 Å². The van der Waals surface area contributed by atoms with Crippen LogP contribution in [-0.2, 0) is 113 Å². The molecule has 12 aromatic carbocycles. The van der Waals surface area contributed by atoms with Crippen LogP contribution in [0.5, 0.6) is 0 Å². The molecule has 0 unspecified atom stereocenters. The molecule has 39 heteroatoms. The Morgan fingerprint density at radius 1 is 0.229 bits per heavy atom. The molecule has 9 heterocycles. The van der Waals surface area contributed by atoms with E-state index in [0.29, 0.717) is 30.1 Å². The molecule has 21 rings (SSSR count). The average molecular weight is 2390 g/mol. The van der Waals surface area contributed by atoms with E-state index in [0.717, 1.165) is 67.5 Å². The number of nitrogens with zero attached hydrogens (tertiary/aromatic N) is 19. The van der Waals surface area contributed by atoms with Crippen molar-refractivity contribution in [3.8, 4) is 67.5 Å². The number of rotatable bonds is 13. The molecule has 0 N–H and O–H groups in total. The second kappa shape index (κ2) is 73.2. The third-order valence-electron chi connectivity index (χ3n) is 17.7. The van der Waals surface area contributed by atoms with Gasteiger partial charge in [-0.25, -0.2) is 0 Å². The van der Waals surface area contributed by atoms with Gasteiger partial charge in [-0.3, -0.25) is 0 Å². The van der Waals surface area contributed by atoms with Gasteiger partial charge in [-0.1, -0.05) is 415 Å². The molecule has 0 aliphatic rings. The van der Waals surface area contributed by atoms with Gasteiger partial charge in [0.1, 0.15) is 23.0 Å². The summed E-state index contributed by atoms with van der Waals surface area (Å²) < 4.78 is 6.38. The van der Waals surface area contributed by atoms with Crippen LogP contribution in [0.25, 0.3) is 67.5 Å². The molecule has 0 amide bonds. The van der Waals surface area contributed by atoms with E-state index in [1.165, 1.54) is 106 Å². The first-order valence-electron chi connectivity index (χ1n) is 39.8. The predicted octanol–water partition coefficient (Wildman–Crippen LogP) is 23.9. The largest absolute Gasteiger partial charge is 2.00 e. The van der Waals surface area contributed by atoms with E-state index < -0.39 is 14.5 Å². The van der Waals surface area contributed by atoms with Crippen LogP contribution in [0.3, 0.4) is 0 Å². The first-order chi connectivity index (χ1) is 64.8. The van der Waals surface area contributed by atoms with Gasteiger partial charge in [0.2, 0.25) is 7.41 Å². The maximum absolute atomic E-state index is 6.38. The van der Waals surface area contributed by atoms with Gasteiger partial charge in [-0.05, 0) is 69.8 Å². The normalized spacial score (nSPS) is 9.53. The predicted molar refractivity (Wildman–Crippen MR) is 548 cm³/mol. The van der Waals surface area contributed by atoms with E-state index in [1.807, 2.05) is 200 Å². The summed E-state index contributed by atoms with van der Waals surface area (Å²) in [7, 11) is -4.99. The molecule has 0 saturated carbocycles.